The lowest BCUT2D eigenvalue weighted by atomic mass is 9.87. The molecular formula is C20H22N2O3S2. The average Bonchev–Trinajstić information content (AvgIpc) is 2.89. The van der Waals surface area contributed by atoms with Crippen molar-refractivity contribution in [2.45, 2.75) is 43.5 Å². The molecular weight excluding hydrogens is 380 g/mol. The van der Waals surface area contributed by atoms with Gasteiger partial charge in [-0.25, -0.2) is 12.7 Å². The van der Waals surface area contributed by atoms with Gasteiger partial charge in [0.25, 0.3) is 15.9 Å². The highest BCUT2D eigenvalue weighted by Crippen LogP contribution is 2.27. The molecule has 2 aromatic rings. The minimum Gasteiger partial charge on any atom is -0.300 e. The number of carbonyl (C=O) groups is 1. The van der Waals surface area contributed by atoms with Crippen LogP contribution in [0.4, 0.5) is 0 Å². The first-order valence-corrected chi connectivity index (χ1v) is 10.5. The number of nitrogens with one attached hydrogen (secondary N) is 1. The summed E-state index contributed by atoms with van der Waals surface area (Å²) in [4.78, 5) is 12.5. The van der Waals surface area contributed by atoms with Gasteiger partial charge >= 0.3 is 0 Å². The third-order valence-electron chi connectivity index (χ3n) is 4.57. The number of amides is 1. The van der Waals surface area contributed by atoms with Gasteiger partial charge in [0.1, 0.15) is 6.04 Å². The molecule has 5 nitrogen and oxygen atoms in total. The highest BCUT2D eigenvalue weighted by Gasteiger charge is 2.43. The molecule has 1 atom stereocenters. The number of hydrogen-bond donors (Lipinski definition) is 1. The summed E-state index contributed by atoms with van der Waals surface area (Å²) in [6.07, 6.45) is 0.256. The first kappa shape index (κ1) is 19.5. The fourth-order valence-corrected chi connectivity index (χ4v) is 5.02. The molecule has 0 saturated carbocycles. The summed E-state index contributed by atoms with van der Waals surface area (Å²) in [6, 6.07) is 15.1. The van der Waals surface area contributed by atoms with Gasteiger partial charge in [-0.2, -0.15) is 0 Å². The Kier molecular flexibility index (Phi) is 5.10. The number of hydrogen-bond acceptors (Lipinski definition) is 4. The molecule has 0 aliphatic carbocycles. The van der Waals surface area contributed by atoms with Crippen molar-refractivity contribution in [3.05, 3.63) is 65.7 Å². The Morgan fingerprint density at radius 3 is 2.19 bits per heavy atom. The highest BCUT2D eigenvalue weighted by molar-refractivity contribution is 7.91. The van der Waals surface area contributed by atoms with Gasteiger partial charge in [0.2, 0.25) is 0 Å². The van der Waals surface area contributed by atoms with Gasteiger partial charge < -0.3 is 5.32 Å². The molecule has 27 heavy (non-hydrogen) atoms. The molecule has 2 aromatic carbocycles. The summed E-state index contributed by atoms with van der Waals surface area (Å²) in [5.74, 6) is -0.404. The van der Waals surface area contributed by atoms with E-state index < -0.39 is 22.0 Å². The van der Waals surface area contributed by atoms with Crippen LogP contribution in [0.5, 0.6) is 0 Å². The van der Waals surface area contributed by atoms with Crippen LogP contribution in [-0.4, -0.2) is 29.8 Å². The van der Waals surface area contributed by atoms with Crippen LogP contribution in [0.25, 0.3) is 0 Å². The van der Waals surface area contributed by atoms with E-state index in [9.17, 15) is 13.2 Å². The topological polar surface area (TPSA) is 66.5 Å². The van der Waals surface area contributed by atoms with Crippen LogP contribution in [-0.2, 0) is 26.7 Å². The van der Waals surface area contributed by atoms with Crippen LogP contribution >= 0.6 is 12.2 Å². The molecule has 1 fully saturated rings. The Labute approximate surface area is 165 Å². The van der Waals surface area contributed by atoms with Crippen molar-refractivity contribution in [3.8, 4) is 0 Å². The van der Waals surface area contributed by atoms with Gasteiger partial charge in [0.05, 0.1) is 4.90 Å². The first-order chi connectivity index (χ1) is 12.6. The van der Waals surface area contributed by atoms with E-state index in [1.807, 2.05) is 30.3 Å². The maximum Gasteiger partial charge on any atom is 0.266 e. The van der Waals surface area contributed by atoms with Gasteiger partial charge in [-0.05, 0) is 40.9 Å². The van der Waals surface area contributed by atoms with Crippen molar-refractivity contribution in [2.24, 2.45) is 0 Å². The number of rotatable bonds is 4. The molecule has 0 radical (unpaired) electrons. The molecule has 1 amide bonds. The first-order valence-electron chi connectivity index (χ1n) is 8.64. The van der Waals surface area contributed by atoms with E-state index in [-0.39, 0.29) is 21.8 Å². The fraction of sp³-hybridized carbons (Fsp3) is 0.300. The minimum absolute atomic E-state index is 0.0826. The molecule has 0 aromatic heterocycles. The van der Waals surface area contributed by atoms with Gasteiger partial charge in [-0.1, -0.05) is 63.2 Å². The van der Waals surface area contributed by atoms with Crippen molar-refractivity contribution < 1.29 is 13.2 Å². The molecule has 142 valence electrons. The van der Waals surface area contributed by atoms with Gasteiger partial charge in [0, 0.05) is 6.42 Å². The van der Waals surface area contributed by atoms with E-state index >= 15 is 0 Å². The Bertz CT molecular complexity index is 963. The largest absolute Gasteiger partial charge is 0.300 e. The zero-order chi connectivity index (χ0) is 19.8. The zero-order valence-electron chi connectivity index (χ0n) is 15.5. The standard InChI is InChI=1S/C20H22N2O3S2/c1-20(2,3)15-9-11-16(12-10-15)27(24,25)22-17(18(23)21-19(22)26)13-14-7-5-4-6-8-14/h4-12,17H,13H2,1-3H3,(H,21,23,26)/t17-/m0/s1. The number of carbonyl (C=O) groups excluding carboxylic acids is 1. The Morgan fingerprint density at radius 1 is 1.04 bits per heavy atom. The van der Waals surface area contributed by atoms with E-state index in [0.717, 1.165) is 15.4 Å². The van der Waals surface area contributed by atoms with Crippen molar-refractivity contribution in [1.82, 2.24) is 9.62 Å². The number of nitrogens with zero attached hydrogens (tertiary/aromatic N) is 1. The Hall–Kier alpha value is -2.25. The minimum atomic E-state index is -3.94. The summed E-state index contributed by atoms with van der Waals surface area (Å²) in [5.41, 5.74) is 1.81. The molecule has 1 N–H and O–H groups in total. The maximum absolute atomic E-state index is 13.2. The van der Waals surface area contributed by atoms with Crippen molar-refractivity contribution in [2.75, 3.05) is 0 Å². The average molecular weight is 403 g/mol. The summed E-state index contributed by atoms with van der Waals surface area (Å²) in [7, 11) is -3.94. The molecule has 7 heteroatoms. The summed E-state index contributed by atoms with van der Waals surface area (Å²) >= 11 is 5.16. The van der Waals surface area contributed by atoms with E-state index in [1.54, 1.807) is 24.3 Å². The Morgan fingerprint density at radius 2 is 1.63 bits per heavy atom. The molecule has 0 bridgehead atoms. The van der Waals surface area contributed by atoms with E-state index in [2.05, 4.69) is 26.1 Å². The Balaban J connectivity index is 1.95. The number of thiocarbonyl (C=S) groups is 1. The van der Waals surface area contributed by atoms with Crippen LogP contribution in [0, 0.1) is 0 Å². The fourth-order valence-electron chi connectivity index (χ4n) is 3.02. The van der Waals surface area contributed by atoms with E-state index in [4.69, 9.17) is 12.2 Å². The SMILES string of the molecule is CC(C)(C)c1ccc(S(=O)(=O)N2C(=S)NC(=O)[C@@H]2Cc2ccccc2)cc1. The predicted molar refractivity (Wildman–Crippen MR) is 109 cm³/mol. The zero-order valence-corrected chi connectivity index (χ0v) is 17.1. The van der Waals surface area contributed by atoms with E-state index in [0.29, 0.717) is 0 Å². The lowest BCUT2D eigenvalue weighted by Gasteiger charge is -2.24. The molecule has 3 rings (SSSR count). The summed E-state index contributed by atoms with van der Waals surface area (Å²) in [6.45, 7) is 6.18. The number of sulfonamides is 1. The third-order valence-corrected chi connectivity index (χ3v) is 6.80. The third kappa shape index (κ3) is 3.89. The van der Waals surface area contributed by atoms with Gasteiger partial charge in [-0.3, -0.25) is 4.79 Å². The second-order valence-electron chi connectivity index (χ2n) is 7.58. The molecule has 0 unspecified atom stereocenters. The van der Waals surface area contributed by atoms with Gasteiger partial charge in [0.15, 0.2) is 5.11 Å². The predicted octanol–water partition coefficient (Wildman–Crippen LogP) is 3.00. The number of benzene rings is 2. The van der Waals surface area contributed by atoms with Crippen molar-refractivity contribution in [3.63, 3.8) is 0 Å². The lowest BCUT2D eigenvalue weighted by Crippen LogP contribution is -2.41. The molecule has 1 heterocycles. The van der Waals surface area contributed by atoms with Crippen molar-refractivity contribution in [1.29, 1.82) is 0 Å². The smallest absolute Gasteiger partial charge is 0.266 e. The summed E-state index contributed by atoms with van der Waals surface area (Å²) < 4.78 is 27.4. The normalized spacial score (nSPS) is 17.9. The molecule has 1 saturated heterocycles. The van der Waals surface area contributed by atoms with Crippen LogP contribution in [0.2, 0.25) is 0 Å². The van der Waals surface area contributed by atoms with E-state index in [1.165, 1.54) is 0 Å². The monoisotopic (exact) mass is 402 g/mol. The lowest BCUT2D eigenvalue weighted by molar-refractivity contribution is -0.120. The second kappa shape index (κ2) is 7.05. The molecule has 1 aliphatic heterocycles. The van der Waals surface area contributed by atoms with Gasteiger partial charge in [-0.15, -0.1) is 0 Å². The molecule has 0 spiro atoms. The quantitative estimate of drug-likeness (QED) is 0.799. The molecule has 1 aliphatic rings. The maximum atomic E-state index is 13.2. The second-order valence-corrected chi connectivity index (χ2v) is 9.78. The van der Waals surface area contributed by atoms with Crippen LogP contribution in [0.1, 0.15) is 31.9 Å². The van der Waals surface area contributed by atoms with Crippen LogP contribution in [0.3, 0.4) is 0 Å². The van der Waals surface area contributed by atoms with Crippen LogP contribution in [0.15, 0.2) is 59.5 Å². The van der Waals surface area contributed by atoms with Crippen molar-refractivity contribution >= 4 is 33.3 Å². The van der Waals surface area contributed by atoms with Crippen LogP contribution < -0.4 is 5.32 Å². The summed E-state index contributed by atoms with van der Waals surface area (Å²) in [5, 5.41) is 2.41. The highest BCUT2D eigenvalue weighted by atomic mass is 32.2.